The molecule has 3 heterocycles. The zero-order valence-electron chi connectivity index (χ0n) is 15.2. The van der Waals surface area contributed by atoms with Gasteiger partial charge in [0.15, 0.2) is 0 Å². The Morgan fingerprint density at radius 2 is 2.18 bits per heavy atom. The number of aromatic amines is 1. The highest BCUT2D eigenvalue weighted by Crippen LogP contribution is 2.32. The Labute approximate surface area is 165 Å². The Balaban J connectivity index is 1.66. The quantitative estimate of drug-likeness (QED) is 0.519. The fourth-order valence-corrected chi connectivity index (χ4v) is 3.59. The van der Waals surface area contributed by atoms with Gasteiger partial charge in [0.05, 0.1) is 35.8 Å². The number of fused-ring (bicyclic) bond motifs is 1. The minimum Gasteiger partial charge on any atom is -0.495 e. The normalized spacial score (nSPS) is 11.2. The highest BCUT2D eigenvalue weighted by atomic mass is 32.1. The van der Waals surface area contributed by atoms with Gasteiger partial charge in [-0.05, 0) is 41.3 Å². The standard InChI is InChI=1S/C21H18N4O2S/c1-27-20-16(21(26)23-13-15-5-3-11-28-15)7-9-18-19(20)17(24-25-18)8-6-14-4-2-10-22-12-14/h2-12H,13H2,1H3,(H,23,26)(H,24,25)/b8-6+. The van der Waals surface area contributed by atoms with Gasteiger partial charge in [0.25, 0.3) is 5.91 Å². The molecule has 28 heavy (non-hydrogen) atoms. The van der Waals surface area contributed by atoms with Crippen LogP contribution in [-0.4, -0.2) is 28.2 Å². The van der Waals surface area contributed by atoms with E-state index in [0.29, 0.717) is 23.6 Å². The summed E-state index contributed by atoms with van der Waals surface area (Å²) in [6, 6.07) is 11.4. The lowest BCUT2D eigenvalue weighted by Gasteiger charge is -2.10. The third-order valence-electron chi connectivity index (χ3n) is 4.28. The lowest BCUT2D eigenvalue weighted by atomic mass is 10.1. The van der Waals surface area contributed by atoms with Crippen LogP contribution < -0.4 is 10.1 Å². The van der Waals surface area contributed by atoms with Crippen LogP contribution in [0.2, 0.25) is 0 Å². The fourth-order valence-electron chi connectivity index (χ4n) is 2.94. The predicted molar refractivity (Wildman–Crippen MR) is 111 cm³/mol. The predicted octanol–water partition coefficient (Wildman–Crippen LogP) is 4.13. The van der Waals surface area contributed by atoms with Gasteiger partial charge in [-0.15, -0.1) is 11.3 Å². The number of carbonyl (C=O) groups is 1. The second-order valence-corrected chi connectivity index (χ2v) is 7.09. The summed E-state index contributed by atoms with van der Waals surface area (Å²) in [7, 11) is 1.56. The van der Waals surface area contributed by atoms with Crippen molar-refractivity contribution in [2.24, 2.45) is 0 Å². The van der Waals surface area contributed by atoms with Crippen LogP contribution in [-0.2, 0) is 6.54 Å². The van der Waals surface area contributed by atoms with Crippen LogP contribution in [0.4, 0.5) is 0 Å². The van der Waals surface area contributed by atoms with Gasteiger partial charge in [0.1, 0.15) is 5.75 Å². The summed E-state index contributed by atoms with van der Waals surface area (Å²) < 4.78 is 5.60. The van der Waals surface area contributed by atoms with Crippen molar-refractivity contribution in [3.63, 3.8) is 0 Å². The number of carbonyl (C=O) groups excluding carboxylic acids is 1. The van der Waals surface area contributed by atoms with Crippen molar-refractivity contribution >= 4 is 40.3 Å². The molecule has 3 aromatic heterocycles. The van der Waals surface area contributed by atoms with Gasteiger partial charge in [0.2, 0.25) is 0 Å². The van der Waals surface area contributed by atoms with Crippen LogP contribution in [0, 0.1) is 0 Å². The summed E-state index contributed by atoms with van der Waals surface area (Å²) in [6.45, 7) is 0.483. The van der Waals surface area contributed by atoms with Crippen molar-refractivity contribution in [2.75, 3.05) is 7.11 Å². The van der Waals surface area contributed by atoms with Gasteiger partial charge in [0, 0.05) is 17.3 Å². The van der Waals surface area contributed by atoms with Gasteiger partial charge in [-0.3, -0.25) is 14.9 Å². The maximum absolute atomic E-state index is 12.7. The van der Waals surface area contributed by atoms with Crippen LogP contribution in [0.15, 0.2) is 54.2 Å². The molecule has 0 spiro atoms. The van der Waals surface area contributed by atoms with Gasteiger partial charge >= 0.3 is 0 Å². The van der Waals surface area contributed by atoms with E-state index in [1.807, 2.05) is 47.9 Å². The topological polar surface area (TPSA) is 79.9 Å². The van der Waals surface area contributed by atoms with Crippen LogP contribution in [0.1, 0.15) is 26.5 Å². The second kappa shape index (κ2) is 8.06. The Hall–Kier alpha value is -3.45. The minimum absolute atomic E-state index is 0.185. The average molecular weight is 390 g/mol. The molecule has 6 nitrogen and oxygen atoms in total. The Bertz CT molecular complexity index is 1120. The third kappa shape index (κ3) is 3.65. The number of methoxy groups -OCH3 is 1. The molecule has 0 aliphatic heterocycles. The number of H-pyrrole nitrogens is 1. The van der Waals surface area contributed by atoms with E-state index in [1.54, 1.807) is 36.9 Å². The molecule has 0 saturated carbocycles. The third-order valence-corrected chi connectivity index (χ3v) is 5.16. The van der Waals surface area contributed by atoms with Gasteiger partial charge in [-0.2, -0.15) is 5.10 Å². The molecule has 140 valence electrons. The summed E-state index contributed by atoms with van der Waals surface area (Å²) in [5.41, 5.74) is 2.94. The number of hydrogen-bond donors (Lipinski definition) is 2. The van der Waals surface area contributed by atoms with E-state index in [-0.39, 0.29) is 5.91 Å². The number of nitrogens with zero attached hydrogens (tertiary/aromatic N) is 2. The highest BCUT2D eigenvalue weighted by molar-refractivity contribution is 7.09. The number of thiophene rings is 1. The lowest BCUT2D eigenvalue weighted by molar-refractivity contribution is 0.0948. The van der Waals surface area contributed by atoms with Crippen molar-refractivity contribution in [2.45, 2.75) is 6.54 Å². The first-order valence-electron chi connectivity index (χ1n) is 8.70. The molecule has 1 aromatic carbocycles. The molecule has 0 bridgehead atoms. The van der Waals surface area contributed by atoms with Crippen molar-refractivity contribution in [1.29, 1.82) is 0 Å². The van der Waals surface area contributed by atoms with Crippen LogP contribution in [0.25, 0.3) is 23.1 Å². The molecule has 0 aliphatic carbocycles. The number of hydrogen-bond acceptors (Lipinski definition) is 5. The summed E-state index contributed by atoms with van der Waals surface area (Å²) in [4.78, 5) is 17.9. The van der Waals surface area contributed by atoms with Crippen LogP contribution in [0.5, 0.6) is 5.75 Å². The van der Waals surface area contributed by atoms with E-state index in [1.165, 1.54) is 0 Å². The fraction of sp³-hybridized carbons (Fsp3) is 0.0952. The first kappa shape index (κ1) is 17.9. The second-order valence-electron chi connectivity index (χ2n) is 6.06. The molecule has 0 fully saturated rings. The maximum Gasteiger partial charge on any atom is 0.255 e. The number of nitrogens with one attached hydrogen (secondary N) is 2. The first-order valence-corrected chi connectivity index (χ1v) is 9.58. The SMILES string of the molecule is COc1c(C(=O)NCc2cccs2)ccc2[nH]nc(/C=C/c3cccnc3)c12. The van der Waals surface area contributed by atoms with E-state index >= 15 is 0 Å². The highest BCUT2D eigenvalue weighted by Gasteiger charge is 2.18. The lowest BCUT2D eigenvalue weighted by Crippen LogP contribution is -2.22. The number of rotatable bonds is 6. The van der Waals surface area contributed by atoms with Gasteiger partial charge in [-0.25, -0.2) is 0 Å². The van der Waals surface area contributed by atoms with Gasteiger partial charge < -0.3 is 10.1 Å². The van der Waals surface area contributed by atoms with Crippen LogP contribution >= 0.6 is 11.3 Å². The monoisotopic (exact) mass is 390 g/mol. The molecule has 0 atom stereocenters. The summed E-state index contributed by atoms with van der Waals surface area (Å²) >= 11 is 1.61. The summed E-state index contributed by atoms with van der Waals surface area (Å²) in [5.74, 6) is 0.316. The number of ether oxygens (including phenoxy) is 1. The molecule has 1 amide bonds. The molecular weight excluding hydrogens is 372 g/mol. The summed E-state index contributed by atoms with van der Waals surface area (Å²) in [6.07, 6.45) is 7.30. The van der Waals surface area contributed by atoms with E-state index in [4.69, 9.17) is 4.74 Å². The molecule has 4 aromatic rings. The Kier molecular flexibility index (Phi) is 5.16. The van der Waals surface area contributed by atoms with Gasteiger partial charge in [-0.1, -0.05) is 18.2 Å². The molecule has 0 radical (unpaired) electrons. The molecular formula is C21H18N4O2S. The molecule has 0 aliphatic rings. The van der Waals surface area contributed by atoms with E-state index in [0.717, 1.165) is 21.3 Å². The van der Waals surface area contributed by atoms with E-state index in [9.17, 15) is 4.79 Å². The van der Waals surface area contributed by atoms with Crippen molar-refractivity contribution in [1.82, 2.24) is 20.5 Å². The molecule has 0 saturated heterocycles. The maximum atomic E-state index is 12.7. The number of amides is 1. The zero-order valence-corrected chi connectivity index (χ0v) is 16.0. The molecule has 4 rings (SSSR count). The molecule has 2 N–H and O–H groups in total. The molecule has 0 unspecified atom stereocenters. The van der Waals surface area contributed by atoms with E-state index < -0.39 is 0 Å². The number of pyridine rings is 1. The zero-order chi connectivity index (χ0) is 19.3. The molecule has 7 heteroatoms. The first-order chi connectivity index (χ1) is 13.8. The van der Waals surface area contributed by atoms with Crippen molar-refractivity contribution < 1.29 is 9.53 Å². The van der Waals surface area contributed by atoms with Crippen molar-refractivity contribution in [3.05, 3.63) is 75.9 Å². The van der Waals surface area contributed by atoms with Crippen molar-refractivity contribution in [3.8, 4) is 5.75 Å². The Morgan fingerprint density at radius 1 is 1.25 bits per heavy atom. The minimum atomic E-state index is -0.185. The summed E-state index contributed by atoms with van der Waals surface area (Å²) in [5, 5.41) is 13.1. The average Bonchev–Trinajstić information content (AvgIpc) is 3.40. The largest absolute Gasteiger partial charge is 0.495 e. The Morgan fingerprint density at radius 3 is 2.93 bits per heavy atom. The smallest absolute Gasteiger partial charge is 0.255 e. The number of benzene rings is 1. The van der Waals surface area contributed by atoms with Crippen LogP contribution in [0.3, 0.4) is 0 Å². The van der Waals surface area contributed by atoms with E-state index in [2.05, 4.69) is 20.5 Å². The number of aromatic nitrogens is 3.